The number of hydrogen-bond donors (Lipinski definition) is 1. The van der Waals surface area contributed by atoms with E-state index in [0.717, 1.165) is 46.8 Å². The van der Waals surface area contributed by atoms with Crippen molar-refractivity contribution in [2.75, 3.05) is 10.8 Å². The van der Waals surface area contributed by atoms with Crippen molar-refractivity contribution in [2.24, 2.45) is 0 Å². The molecule has 0 saturated heterocycles. The van der Waals surface area contributed by atoms with Gasteiger partial charge in [0, 0.05) is 17.1 Å². The van der Waals surface area contributed by atoms with E-state index in [1.54, 1.807) is 31.2 Å². The van der Waals surface area contributed by atoms with Gasteiger partial charge in [-0.05, 0) is 80.6 Å². The van der Waals surface area contributed by atoms with Crippen LogP contribution in [0.3, 0.4) is 0 Å². The van der Waals surface area contributed by atoms with Crippen LogP contribution in [-0.2, 0) is 26.2 Å². The molecule has 1 aliphatic carbocycles. The molecule has 41 heavy (non-hydrogen) atoms. The minimum absolute atomic E-state index is 0.0910. The zero-order chi connectivity index (χ0) is 29.6. The molecule has 0 spiro atoms. The number of anilines is 1. The molecule has 3 aromatic carbocycles. The standard InChI is InChI=1S/C32H38BrN3O4S/c1-23-14-15-24(2)30(20-23)36(41(39,40)29-12-8-5-9-13-29)22-31(37)35(21-26-16-18-27(33)19-17-26)25(3)32(38)34-28-10-6-4-7-11-28/h5,8-9,12-20,25,28H,4,6-7,10-11,21-22H2,1-3H3,(H,34,38)/t25-/m0/s1. The first-order chi connectivity index (χ1) is 19.6. The molecule has 1 fully saturated rings. The van der Waals surface area contributed by atoms with Gasteiger partial charge >= 0.3 is 0 Å². The van der Waals surface area contributed by atoms with E-state index >= 15 is 0 Å². The van der Waals surface area contributed by atoms with Gasteiger partial charge in [0.2, 0.25) is 11.8 Å². The molecule has 1 atom stereocenters. The number of aryl methyl sites for hydroxylation is 2. The third-order valence-corrected chi connectivity index (χ3v) is 9.93. The molecule has 0 radical (unpaired) electrons. The number of hydrogen-bond acceptors (Lipinski definition) is 4. The van der Waals surface area contributed by atoms with Crippen LogP contribution in [0.1, 0.15) is 55.7 Å². The van der Waals surface area contributed by atoms with Gasteiger partial charge in [-0.15, -0.1) is 0 Å². The van der Waals surface area contributed by atoms with Gasteiger partial charge in [0.1, 0.15) is 12.6 Å². The number of carbonyl (C=O) groups is 2. The molecule has 2 amide bonds. The number of nitrogens with one attached hydrogen (secondary N) is 1. The number of carbonyl (C=O) groups excluding carboxylic acids is 2. The number of amides is 2. The molecule has 1 N–H and O–H groups in total. The Morgan fingerprint density at radius 3 is 2.27 bits per heavy atom. The van der Waals surface area contributed by atoms with E-state index in [2.05, 4.69) is 21.2 Å². The molecular formula is C32H38BrN3O4S. The van der Waals surface area contributed by atoms with Crippen molar-refractivity contribution < 1.29 is 18.0 Å². The van der Waals surface area contributed by atoms with E-state index in [-0.39, 0.29) is 23.4 Å². The number of rotatable bonds is 10. The van der Waals surface area contributed by atoms with Crippen molar-refractivity contribution in [1.29, 1.82) is 0 Å². The summed E-state index contributed by atoms with van der Waals surface area (Å²) in [6.45, 7) is 5.14. The zero-order valence-electron chi connectivity index (χ0n) is 23.8. The summed E-state index contributed by atoms with van der Waals surface area (Å²) in [6.07, 6.45) is 5.16. The third-order valence-electron chi connectivity index (χ3n) is 7.63. The molecule has 9 heteroatoms. The maximum absolute atomic E-state index is 14.1. The van der Waals surface area contributed by atoms with Crippen LogP contribution < -0.4 is 9.62 Å². The van der Waals surface area contributed by atoms with Gasteiger partial charge in [0.05, 0.1) is 10.6 Å². The van der Waals surface area contributed by atoms with Crippen LogP contribution in [0.2, 0.25) is 0 Å². The maximum Gasteiger partial charge on any atom is 0.264 e. The molecule has 3 aromatic rings. The first-order valence-corrected chi connectivity index (χ1v) is 16.3. The van der Waals surface area contributed by atoms with Crippen LogP contribution in [0.25, 0.3) is 0 Å². The van der Waals surface area contributed by atoms with Crippen molar-refractivity contribution in [2.45, 2.75) is 76.4 Å². The maximum atomic E-state index is 14.1. The Morgan fingerprint density at radius 2 is 1.61 bits per heavy atom. The first-order valence-electron chi connectivity index (χ1n) is 14.1. The van der Waals surface area contributed by atoms with Crippen LogP contribution in [0.15, 0.2) is 82.2 Å². The SMILES string of the molecule is Cc1ccc(C)c(N(CC(=O)N(Cc2ccc(Br)cc2)[C@@H](C)C(=O)NC2CCCCC2)S(=O)(=O)c2ccccc2)c1. The molecule has 4 rings (SSSR count). The summed E-state index contributed by atoms with van der Waals surface area (Å²) in [7, 11) is -4.09. The lowest BCUT2D eigenvalue weighted by atomic mass is 9.95. The number of sulfonamides is 1. The lowest BCUT2D eigenvalue weighted by Gasteiger charge is -2.33. The molecular weight excluding hydrogens is 602 g/mol. The second-order valence-corrected chi connectivity index (χ2v) is 13.6. The smallest absolute Gasteiger partial charge is 0.264 e. The van der Waals surface area contributed by atoms with E-state index in [0.29, 0.717) is 5.69 Å². The predicted octanol–water partition coefficient (Wildman–Crippen LogP) is 6.13. The Morgan fingerprint density at radius 1 is 0.951 bits per heavy atom. The molecule has 0 bridgehead atoms. The van der Waals surface area contributed by atoms with Gasteiger partial charge in [-0.3, -0.25) is 13.9 Å². The minimum atomic E-state index is -4.09. The summed E-state index contributed by atoms with van der Waals surface area (Å²) in [5.74, 6) is -0.689. The van der Waals surface area contributed by atoms with Crippen LogP contribution in [0, 0.1) is 13.8 Å². The van der Waals surface area contributed by atoms with Crippen LogP contribution in [0.4, 0.5) is 5.69 Å². The van der Waals surface area contributed by atoms with E-state index in [1.807, 2.05) is 50.2 Å². The number of nitrogens with zero attached hydrogens (tertiary/aromatic N) is 2. The van der Waals surface area contributed by atoms with Gasteiger partial charge in [-0.25, -0.2) is 8.42 Å². The average Bonchev–Trinajstić information content (AvgIpc) is 2.97. The summed E-state index contributed by atoms with van der Waals surface area (Å²) < 4.78 is 30.0. The fraction of sp³-hybridized carbons (Fsp3) is 0.375. The normalized spacial score (nSPS) is 14.7. The van der Waals surface area contributed by atoms with Gasteiger partial charge in [-0.2, -0.15) is 0 Å². The van der Waals surface area contributed by atoms with Crippen LogP contribution in [-0.4, -0.2) is 43.8 Å². The fourth-order valence-electron chi connectivity index (χ4n) is 5.16. The summed E-state index contributed by atoms with van der Waals surface area (Å²) >= 11 is 3.45. The van der Waals surface area contributed by atoms with Gasteiger partial charge in [0.15, 0.2) is 0 Å². The molecule has 0 unspecified atom stereocenters. The number of halogens is 1. The highest BCUT2D eigenvalue weighted by molar-refractivity contribution is 9.10. The Kier molecular flexibility index (Phi) is 10.3. The summed E-state index contributed by atoms with van der Waals surface area (Å²) in [5.41, 5.74) is 2.87. The summed E-state index contributed by atoms with van der Waals surface area (Å²) in [5, 5.41) is 3.13. The van der Waals surface area contributed by atoms with E-state index in [9.17, 15) is 18.0 Å². The van der Waals surface area contributed by atoms with Gasteiger partial charge < -0.3 is 10.2 Å². The van der Waals surface area contributed by atoms with Crippen molar-refractivity contribution in [1.82, 2.24) is 10.2 Å². The second-order valence-electron chi connectivity index (χ2n) is 10.8. The molecule has 7 nitrogen and oxygen atoms in total. The van der Waals surface area contributed by atoms with Crippen molar-refractivity contribution in [3.8, 4) is 0 Å². The predicted molar refractivity (Wildman–Crippen MR) is 166 cm³/mol. The Labute approximate surface area is 252 Å². The Bertz CT molecular complexity index is 1460. The van der Waals surface area contributed by atoms with Crippen molar-refractivity contribution in [3.05, 3.63) is 94.0 Å². The monoisotopic (exact) mass is 639 g/mol. The first kappa shape index (κ1) is 30.8. The molecule has 1 saturated carbocycles. The average molecular weight is 641 g/mol. The van der Waals surface area contributed by atoms with E-state index < -0.39 is 28.5 Å². The third kappa shape index (κ3) is 7.77. The fourth-order valence-corrected chi connectivity index (χ4v) is 6.91. The largest absolute Gasteiger partial charge is 0.352 e. The highest BCUT2D eigenvalue weighted by Crippen LogP contribution is 2.28. The van der Waals surface area contributed by atoms with Crippen molar-refractivity contribution in [3.63, 3.8) is 0 Å². The molecule has 0 heterocycles. The lowest BCUT2D eigenvalue weighted by Crippen LogP contribution is -2.53. The quantitative estimate of drug-likeness (QED) is 0.289. The summed E-state index contributed by atoms with van der Waals surface area (Å²) in [6, 6.07) is 20.5. The zero-order valence-corrected chi connectivity index (χ0v) is 26.2. The molecule has 218 valence electrons. The second kappa shape index (κ2) is 13.7. The number of benzene rings is 3. The Hall–Kier alpha value is -3.17. The summed E-state index contributed by atoms with van der Waals surface area (Å²) in [4.78, 5) is 29.2. The molecule has 0 aliphatic heterocycles. The van der Waals surface area contributed by atoms with E-state index in [4.69, 9.17) is 0 Å². The van der Waals surface area contributed by atoms with E-state index in [1.165, 1.54) is 27.8 Å². The highest BCUT2D eigenvalue weighted by atomic mass is 79.9. The minimum Gasteiger partial charge on any atom is -0.352 e. The van der Waals surface area contributed by atoms with Gasteiger partial charge in [0.25, 0.3) is 10.0 Å². The van der Waals surface area contributed by atoms with Crippen LogP contribution >= 0.6 is 15.9 Å². The highest BCUT2D eigenvalue weighted by Gasteiger charge is 2.33. The lowest BCUT2D eigenvalue weighted by molar-refractivity contribution is -0.139. The van der Waals surface area contributed by atoms with Gasteiger partial charge in [-0.1, -0.05) is 77.7 Å². The van der Waals surface area contributed by atoms with Crippen molar-refractivity contribution >= 4 is 43.5 Å². The topological polar surface area (TPSA) is 86.8 Å². The van der Waals surface area contributed by atoms with Crippen LogP contribution in [0.5, 0.6) is 0 Å². The molecule has 0 aromatic heterocycles. The molecule has 1 aliphatic rings. The Balaban J connectivity index is 1.69.